The van der Waals surface area contributed by atoms with E-state index in [1.54, 1.807) is 30.3 Å². The van der Waals surface area contributed by atoms with Gasteiger partial charge >= 0.3 is 0 Å². The van der Waals surface area contributed by atoms with Gasteiger partial charge in [-0.25, -0.2) is 9.97 Å². The van der Waals surface area contributed by atoms with Crippen LogP contribution in [-0.2, 0) is 11.3 Å². The lowest BCUT2D eigenvalue weighted by Crippen LogP contribution is -2.15. The molecule has 3 rings (SSSR count). The van der Waals surface area contributed by atoms with Crippen LogP contribution in [0.3, 0.4) is 0 Å². The van der Waals surface area contributed by atoms with Crippen molar-refractivity contribution in [2.45, 2.75) is 13.5 Å². The predicted octanol–water partition coefficient (Wildman–Crippen LogP) is 3.30. The molecule has 0 saturated heterocycles. The molecule has 0 aliphatic rings. The van der Waals surface area contributed by atoms with Crippen LogP contribution in [0.5, 0.6) is 0 Å². The summed E-state index contributed by atoms with van der Waals surface area (Å²) in [6, 6.07) is 18.4. The highest BCUT2D eigenvalue weighted by Gasteiger charge is 2.10. The normalized spacial score (nSPS) is 10.1. The lowest BCUT2D eigenvalue weighted by molar-refractivity contribution is -0.114. The molecule has 2 amide bonds. The lowest BCUT2D eigenvalue weighted by Gasteiger charge is -2.09. The second-order valence-corrected chi connectivity index (χ2v) is 5.84. The Labute approximate surface area is 156 Å². The summed E-state index contributed by atoms with van der Waals surface area (Å²) in [6.07, 6.45) is 1.34. The topological polar surface area (TPSA) is 96.0 Å². The lowest BCUT2D eigenvalue weighted by atomic mass is 10.2. The van der Waals surface area contributed by atoms with Gasteiger partial charge in [0.2, 0.25) is 5.91 Å². The van der Waals surface area contributed by atoms with Gasteiger partial charge in [0.05, 0.1) is 0 Å². The summed E-state index contributed by atoms with van der Waals surface area (Å²) < 4.78 is 0. The van der Waals surface area contributed by atoms with Gasteiger partial charge in [-0.3, -0.25) is 9.59 Å². The molecular weight excluding hydrogens is 342 g/mol. The molecule has 2 aromatic carbocycles. The van der Waals surface area contributed by atoms with Gasteiger partial charge in [-0.15, -0.1) is 0 Å². The second kappa shape index (κ2) is 8.57. The maximum Gasteiger partial charge on any atom is 0.274 e. The minimum Gasteiger partial charge on any atom is -0.366 e. The molecule has 1 aromatic heterocycles. The van der Waals surface area contributed by atoms with Crippen LogP contribution in [0.4, 0.5) is 17.2 Å². The van der Waals surface area contributed by atoms with Crippen molar-refractivity contribution in [2.75, 3.05) is 16.0 Å². The quantitative estimate of drug-likeness (QED) is 0.626. The number of hydrogen-bond donors (Lipinski definition) is 3. The maximum absolute atomic E-state index is 12.5. The van der Waals surface area contributed by atoms with Crippen molar-refractivity contribution in [3.05, 3.63) is 78.2 Å². The molecule has 7 heteroatoms. The standard InChI is InChI=1S/C20H19N5O2/c1-14(26)24-16-8-5-9-17(10-16)25-20(27)18-11-19(23-13-22-18)21-12-15-6-3-2-4-7-15/h2-11,13H,12H2,1H3,(H,24,26)(H,25,27)(H,21,22,23). The van der Waals surface area contributed by atoms with Gasteiger partial charge in [-0.05, 0) is 23.8 Å². The first-order valence-corrected chi connectivity index (χ1v) is 8.39. The molecule has 27 heavy (non-hydrogen) atoms. The van der Waals surface area contributed by atoms with Crippen LogP contribution < -0.4 is 16.0 Å². The summed E-state index contributed by atoms with van der Waals surface area (Å²) >= 11 is 0. The van der Waals surface area contributed by atoms with E-state index >= 15 is 0 Å². The Balaban J connectivity index is 1.65. The van der Waals surface area contributed by atoms with E-state index in [-0.39, 0.29) is 17.5 Å². The number of hydrogen-bond acceptors (Lipinski definition) is 5. The van der Waals surface area contributed by atoms with E-state index in [0.717, 1.165) is 5.56 Å². The Bertz CT molecular complexity index is 944. The Morgan fingerprint density at radius 2 is 1.63 bits per heavy atom. The minimum atomic E-state index is -0.361. The average Bonchev–Trinajstić information content (AvgIpc) is 2.67. The Morgan fingerprint density at radius 1 is 0.889 bits per heavy atom. The third kappa shape index (κ3) is 5.37. The van der Waals surface area contributed by atoms with Crippen molar-refractivity contribution in [1.82, 2.24) is 9.97 Å². The van der Waals surface area contributed by atoms with Gasteiger partial charge in [0.25, 0.3) is 5.91 Å². The number of nitrogens with one attached hydrogen (secondary N) is 3. The van der Waals surface area contributed by atoms with Gasteiger partial charge in [0, 0.05) is 30.9 Å². The smallest absolute Gasteiger partial charge is 0.274 e. The fourth-order valence-electron chi connectivity index (χ4n) is 2.44. The first kappa shape index (κ1) is 18.1. The summed E-state index contributed by atoms with van der Waals surface area (Å²) in [5.74, 6) is 0.0227. The molecule has 3 N–H and O–H groups in total. The summed E-state index contributed by atoms with van der Waals surface area (Å²) in [5, 5.41) is 8.61. The van der Waals surface area contributed by atoms with Gasteiger partial charge < -0.3 is 16.0 Å². The number of benzene rings is 2. The summed E-state index contributed by atoms with van der Waals surface area (Å²) in [5.41, 5.74) is 2.51. The second-order valence-electron chi connectivity index (χ2n) is 5.84. The molecule has 1 heterocycles. The van der Waals surface area contributed by atoms with Gasteiger partial charge in [0.1, 0.15) is 17.8 Å². The average molecular weight is 361 g/mol. The van der Waals surface area contributed by atoms with Crippen LogP contribution in [-0.4, -0.2) is 21.8 Å². The molecule has 0 aliphatic heterocycles. The zero-order valence-electron chi connectivity index (χ0n) is 14.8. The third-order valence-electron chi connectivity index (χ3n) is 3.66. The van der Waals surface area contributed by atoms with Crippen LogP contribution >= 0.6 is 0 Å². The Morgan fingerprint density at radius 3 is 2.37 bits per heavy atom. The number of carbonyl (C=O) groups excluding carboxylic acids is 2. The van der Waals surface area contributed by atoms with Crippen molar-refractivity contribution >= 4 is 29.0 Å². The number of carbonyl (C=O) groups is 2. The highest BCUT2D eigenvalue weighted by Crippen LogP contribution is 2.16. The number of aromatic nitrogens is 2. The van der Waals surface area contributed by atoms with Crippen molar-refractivity contribution in [2.24, 2.45) is 0 Å². The first-order chi connectivity index (χ1) is 13.1. The molecule has 7 nitrogen and oxygen atoms in total. The van der Waals surface area contributed by atoms with Crippen molar-refractivity contribution in [1.29, 1.82) is 0 Å². The van der Waals surface area contributed by atoms with E-state index in [1.165, 1.54) is 13.3 Å². The molecule has 136 valence electrons. The SMILES string of the molecule is CC(=O)Nc1cccc(NC(=O)c2cc(NCc3ccccc3)ncn2)c1. The highest BCUT2D eigenvalue weighted by molar-refractivity contribution is 6.03. The molecule has 0 spiro atoms. The fourth-order valence-corrected chi connectivity index (χ4v) is 2.44. The molecule has 0 unspecified atom stereocenters. The van der Waals surface area contributed by atoms with Crippen LogP contribution in [0, 0.1) is 0 Å². The molecular formula is C20H19N5O2. The van der Waals surface area contributed by atoms with Crippen molar-refractivity contribution in [3.63, 3.8) is 0 Å². The fraction of sp³-hybridized carbons (Fsp3) is 0.100. The molecule has 0 fully saturated rings. The number of nitrogens with zero attached hydrogens (tertiary/aromatic N) is 2. The molecule has 0 atom stereocenters. The largest absolute Gasteiger partial charge is 0.366 e. The maximum atomic E-state index is 12.5. The van der Waals surface area contributed by atoms with E-state index in [0.29, 0.717) is 23.7 Å². The third-order valence-corrected chi connectivity index (χ3v) is 3.66. The zero-order valence-corrected chi connectivity index (χ0v) is 14.8. The Hall–Kier alpha value is -3.74. The summed E-state index contributed by atoms with van der Waals surface area (Å²) in [7, 11) is 0. The van der Waals surface area contributed by atoms with E-state index in [2.05, 4.69) is 25.9 Å². The van der Waals surface area contributed by atoms with Crippen molar-refractivity contribution in [3.8, 4) is 0 Å². The zero-order chi connectivity index (χ0) is 19.1. The minimum absolute atomic E-state index is 0.177. The number of rotatable bonds is 6. The number of anilines is 3. The van der Waals surface area contributed by atoms with E-state index in [9.17, 15) is 9.59 Å². The van der Waals surface area contributed by atoms with E-state index < -0.39 is 0 Å². The molecule has 0 radical (unpaired) electrons. The van der Waals surface area contributed by atoms with Crippen LogP contribution in [0.1, 0.15) is 23.0 Å². The van der Waals surface area contributed by atoms with E-state index in [4.69, 9.17) is 0 Å². The number of amides is 2. The molecule has 3 aromatic rings. The molecule has 0 saturated carbocycles. The van der Waals surface area contributed by atoms with Crippen molar-refractivity contribution < 1.29 is 9.59 Å². The van der Waals surface area contributed by atoms with Crippen LogP contribution in [0.25, 0.3) is 0 Å². The monoisotopic (exact) mass is 361 g/mol. The molecule has 0 aliphatic carbocycles. The summed E-state index contributed by atoms with van der Waals surface area (Å²) in [4.78, 5) is 31.8. The van der Waals surface area contributed by atoms with Gasteiger partial charge in [-0.1, -0.05) is 36.4 Å². The predicted molar refractivity (Wildman–Crippen MR) is 104 cm³/mol. The first-order valence-electron chi connectivity index (χ1n) is 8.39. The van der Waals surface area contributed by atoms with E-state index in [1.807, 2.05) is 30.3 Å². The van der Waals surface area contributed by atoms with Crippen LogP contribution in [0.15, 0.2) is 67.0 Å². The van der Waals surface area contributed by atoms with Gasteiger partial charge in [-0.2, -0.15) is 0 Å². The Kier molecular flexibility index (Phi) is 5.73. The highest BCUT2D eigenvalue weighted by atomic mass is 16.2. The summed E-state index contributed by atoms with van der Waals surface area (Å²) in [6.45, 7) is 2.02. The van der Waals surface area contributed by atoms with Gasteiger partial charge in [0.15, 0.2) is 0 Å². The van der Waals surface area contributed by atoms with Crippen LogP contribution in [0.2, 0.25) is 0 Å². The molecule has 0 bridgehead atoms.